The molecule has 44 heavy (non-hydrogen) atoms. The Kier molecular flexibility index (Phi) is 7.80. The minimum Gasteiger partial charge on any atom is -0.390 e. The molecule has 0 radical (unpaired) electrons. The molecule has 2 unspecified atom stereocenters. The summed E-state index contributed by atoms with van der Waals surface area (Å²) in [7, 11) is 0. The number of halogens is 2. The van der Waals surface area contributed by atoms with Gasteiger partial charge < -0.3 is 10.2 Å². The lowest BCUT2D eigenvalue weighted by molar-refractivity contribution is -0.142. The molecule has 0 spiro atoms. The molecular weight excluding hydrogens is 558 g/mol. The van der Waals surface area contributed by atoms with Gasteiger partial charge in [0, 0.05) is 25.7 Å². The van der Waals surface area contributed by atoms with Gasteiger partial charge in [-0.3, -0.25) is 9.59 Å². The van der Waals surface area contributed by atoms with Gasteiger partial charge in [0.2, 0.25) is 0 Å². The number of carbonyl (C=O) groups excluding carboxylic acids is 2. The summed E-state index contributed by atoms with van der Waals surface area (Å²) in [5.74, 6) is 5.05. The average molecular weight is 617 g/mol. The van der Waals surface area contributed by atoms with E-state index in [-0.39, 0.29) is 21.7 Å². The molecule has 0 saturated heterocycles. The number of rotatable bonds is 0. The van der Waals surface area contributed by atoms with Crippen molar-refractivity contribution in [2.24, 2.45) is 69.0 Å². The molecule has 8 fully saturated rings. The summed E-state index contributed by atoms with van der Waals surface area (Å²) >= 11 is 0. The third-order valence-electron chi connectivity index (χ3n) is 16.8. The average Bonchev–Trinajstić information content (AvgIpc) is 3.37. The van der Waals surface area contributed by atoms with Crippen molar-refractivity contribution < 1.29 is 28.6 Å². The zero-order valence-electron chi connectivity index (χ0n) is 27.7. The number of hydrogen-bond donors (Lipinski definition) is 2. The fourth-order valence-electron chi connectivity index (χ4n) is 14.0. The number of fused-ring (bicyclic) bond motifs is 10. The first-order chi connectivity index (χ1) is 20.7. The first kappa shape index (κ1) is 31.7. The number of ketones is 2. The maximum atomic E-state index is 14.2. The lowest BCUT2D eigenvalue weighted by atomic mass is 9.45. The minimum atomic E-state index is -1.03. The van der Waals surface area contributed by atoms with Crippen LogP contribution < -0.4 is 0 Å². The van der Waals surface area contributed by atoms with Crippen molar-refractivity contribution in [3.8, 4) is 0 Å². The van der Waals surface area contributed by atoms with Crippen LogP contribution in [0.15, 0.2) is 0 Å². The van der Waals surface area contributed by atoms with E-state index in [0.717, 1.165) is 89.9 Å². The summed E-state index contributed by atoms with van der Waals surface area (Å²) < 4.78 is 28.4. The summed E-state index contributed by atoms with van der Waals surface area (Å²) in [5.41, 5.74) is 0.123. The van der Waals surface area contributed by atoms with E-state index in [1.165, 1.54) is 0 Å². The Labute approximate surface area is 263 Å². The van der Waals surface area contributed by atoms with E-state index in [0.29, 0.717) is 71.8 Å². The van der Waals surface area contributed by atoms with Gasteiger partial charge in [-0.25, -0.2) is 8.78 Å². The molecule has 8 rings (SSSR count). The molecule has 8 aliphatic rings. The van der Waals surface area contributed by atoms with E-state index < -0.39 is 24.6 Å². The quantitative estimate of drug-likeness (QED) is 0.291. The minimum absolute atomic E-state index is 0.214. The SMILES string of the molecule is C[C@]12CC[C@H]3[C@@H](CCC4CC(=O)CC[C@@]43C)[C@@H]1C[C@@H](F)[C@@H]2O.C[C@]12CC[C@H]3[C@@H](CCC4CC(=O)CC[C@@]43C)[C@@H]1C[C@H](F)[C@@H]2O. The van der Waals surface area contributed by atoms with Crippen LogP contribution >= 0.6 is 0 Å². The van der Waals surface area contributed by atoms with Crippen LogP contribution in [-0.2, 0) is 9.59 Å². The second-order valence-electron chi connectivity index (χ2n) is 18.3. The van der Waals surface area contributed by atoms with E-state index in [2.05, 4.69) is 27.7 Å². The Balaban J connectivity index is 0.000000142. The maximum Gasteiger partial charge on any atom is 0.133 e. The van der Waals surface area contributed by atoms with E-state index in [4.69, 9.17) is 0 Å². The number of carbonyl (C=O) groups is 2. The van der Waals surface area contributed by atoms with Gasteiger partial charge in [0.15, 0.2) is 0 Å². The predicted octanol–water partition coefficient (Wildman–Crippen LogP) is 7.81. The molecule has 16 atom stereocenters. The Bertz CT molecular complexity index is 1070. The van der Waals surface area contributed by atoms with Crippen molar-refractivity contribution in [3.05, 3.63) is 0 Å². The number of alkyl halides is 2. The second-order valence-corrected chi connectivity index (χ2v) is 18.3. The Hall–Kier alpha value is -0.880. The fraction of sp³-hybridized carbons (Fsp3) is 0.947. The highest BCUT2D eigenvalue weighted by Gasteiger charge is 2.64. The second kappa shape index (κ2) is 10.8. The molecule has 4 nitrogen and oxygen atoms in total. The molecule has 8 aliphatic carbocycles. The predicted molar refractivity (Wildman–Crippen MR) is 166 cm³/mol. The third-order valence-corrected chi connectivity index (χ3v) is 16.8. The first-order valence-electron chi connectivity index (χ1n) is 18.4. The van der Waals surface area contributed by atoms with E-state index in [1.807, 2.05) is 0 Å². The van der Waals surface area contributed by atoms with Crippen LogP contribution in [0.4, 0.5) is 8.78 Å². The van der Waals surface area contributed by atoms with Crippen molar-refractivity contribution in [1.29, 1.82) is 0 Å². The lowest BCUT2D eigenvalue weighted by Crippen LogP contribution is -2.54. The van der Waals surface area contributed by atoms with Crippen molar-refractivity contribution in [2.75, 3.05) is 0 Å². The van der Waals surface area contributed by atoms with Gasteiger partial charge in [-0.2, -0.15) is 0 Å². The molecule has 0 aliphatic heterocycles. The zero-order chi connectivity index (χ0) is 31.4. The highest BCUT2D eigenvalue weighted by Crippen LogP contribution is 2.67. The van der Waals surface area contributed by atoms with Gasteiger partial charge in [-0.1, -0.05) is 27.7 Å². The Morgan fingerprint density at radius 2 is 0.932 bits per heavy atom. The maximum absolute atomic E-state index is 14.2. The molecule has 0 aromatic heterocycles. The molecule has 2 N–H and O–H groups in total. The van der Waals surface area contributed by atoms with E-state index in [1.54, 1.807) is 0 Å². The molecular formula is C38H58F2O4. The van der Waals surface area contributed by atoms with E-state index in [9.17, 15) is 28.6 Å². The molecule has 0 heterocycles. The standard InChI is InChI=1S/2C19H29FO2/c2*1-18-7-5-12(21)9-11(18)3-4-13-14(18)6-8-19(2)15(13)10-16(20)17(19)22/h2*11,13-17,22H,3-10H2,1-2H3/t11?,13-,14+,15+,16+,17+,18+,19+;11?,13-,14+,15+,16-,17+,18+,19+/m11/s1. The largest absolute Gasteiger partial charge is 0.390 e. The number of hydrogen-bond acceptors (Lipinski definition) is 4. The van der Waals surface area contributed by atoms with Crippen LogP contribution in [0.5, 0.6) is 0 Å². The number of aliphatic hydroxyl groups is 2. The molecule has 0 amide bonds. The van der Waals surface area contributed by atoms with Crippen LogP contribution in [0, 0.1) is 69.0 Å². The van der Waals surface area contributed by atoms with Gasteiger partial charge in [0.25, 0.3) is 0 Å². The summed E-state index contributed by atoms with van der Waals surface area (Å²) in [4.78, 5) is 23.7. The van der Waals surface area contributed by atoms with Crippen molar-refractivity contribution in [3.63, 3.8) is 0 Å². The molecule has 8 saturated carbocycles. The van der Waals surface area contributed by atoms with Crippen molar-refractivity contribution >= 4 is 11.6 Å². The van der Waals surface area contributed by atoms with Crippen LogP contribution in [0.3, 0.4) is 0 Å². The summed E-state index contributed by atoms with van der Waals surface area (Å²) in [6.07, 6.45) is 11.3. The van der Waals surface area contributed by atoms with Gasteiger partial charge in [-0.15, -0.1) is 0 Å². The van der Waals surface area contributed by atoms with Gasteiger partial charge in [0.05, 0.1) is 12.2 Å². The van der Waals surface area contributed by atoms with Crippen molar-refractivity contribution in [2.45, 2.75) is 155 Å². The number of Topliss-reactive ketones (excluding diaryl/α,β-unsaturated/α-hetero) is 2. The van der Waals surface area contributed by atoms with Gasteiger partial charge >= 0.3 is 0 Å². The van der Waals surface area contributed by atoms with E-state index >= 15 is 0 Å². The van der Waals surface area contributed by atoms with Crippen molar-refractivity contribution in [1.82, 2.24) is 0 Å². The van der Waals surface area contributed by atoms with Crippen LogP contribution in [0.2, 0.25) is 0 Å². The topological polar surface area (TPSA) is 74.6 Å². The molecule has 6 heteroatoms. The van der Waals surface area contributed by atoms with Crippen LogP contribution in [-0.4, -0.2) is 46.3 Å². The summed E-state index contributed by atoms with van der Waals surface area (Å²) in [6.45, 7) is 9.05. The fourth-order valence-corrected chi connectivity index (χ4v) is 14.0. The molecule has 0 aromatic carbocycles. The van der Waals surface area contributed by atoms with Crippen LogP contribution in [0.1, 0.15) is 130 Å². The Morgan fingerprint density at radius 3 is 1.32 bits per heavy atom. The highest BCUT2D eigenvalue weighted by atomic mass is 19.1. The Morgan fingerprint density at radius 1 is 0.545 bits per heavy atom. The number of aliphatic hydroxyl groups excluding tert-OH is 2. The first-order valence-corrected chi connectivity index (χ1v) is 18.4. The van der Waals surface area contributed by atoms with Crippen LogP contribution in [0.25, 0.3) is 0 Å². The monoisotopic (exact) mass is 616 g/mol. The highest BCUT2D eigenvalue weighted by molar-refractivity contribution is 5.80. The third kappa shape index (κ3) is 4.51. The molecule has 0 aromatic rings. The normalized spacial score (nSPS) is 57.9. The summed E-state index contributed by atoms with van der Waals surface area (Å²) in [5, 5.41) is 20.7. The molecule has 248 valence electrons. The zero-order valence-corrected chi connectivity index (χ0v) is 27.7. The lowest BCUT2D eigenvalue weighted by Gasteiger charge is -2.59. The smallest absolute Gasteiger partial charge is 0.133 e. The van der Waals surface area contributed by atoms with Gasteiger partial charge in [-0.05, 0) is 146 Å². The molecule has 0 bridgehead atoms. The van der Waals surface area contributed by atoms with Gasteiger partial charge in [0.1, 0.15) is 23.9 Å². The summed E-state index contributed by atoms with van der Waals surface area (Å²) in [6, 6.07) is 0.